The van der Waals surface area contributed by atoms with Gasteiger partial charge in [0.1, 0.15) is 6.04 Å². The highest BCUT2D eigenvalue weighted by Crippen LogP contribution is 2.13. The molecule has 0 spiro atoms. The van der Waals surface area contributed by atoms with Gasteiger partial charge in [-0.25, -0.2) is 13.8 Å². The average Bonchev–Trinajstić information content (AvgIpc) is 2.62. The van der Waals surface area contributed by atoms with Crippen LogP contribution >= 0.6 is 0 Å². The summed E-state index contributed by atoms with van der Waals surface area (Å²) in [5.74, 6) is -0.369. The van der Waals surface area contributed by atoms with Crippen LogP contribution in [0.2, 0.25) is 0 Å². The van der Waals surface area contributed by atoms with Gasteiger partial charge < -0.3 is 0 Å². The number of amides is 1. The number of nitrogens with one attached hydrogen (secondary N) is 2. The number of hydrogen-bond donors (Lipinski definition) is 2. The van der Waals surface area contributed by atoms with Gasteiger partial charge in [0, 0.05) is 0 Å². The summed E-state index contributed by atoms with van der Waals surface area (Å²) in [5.41, 5.74) is 4.21. The van der Waals surface area contributed by atoms with Crippen molar-refractivity contribution in [2.45, 2.75) is 38.1 Å². The number of hydrazone groups is 1. The van der Waals surface area contributed by atoms with E-state index >= 15 is 0 Å². The average molecular weight is 388 g/mol. The number of aryl methyl sites for hydroxylation is 1. The molecular formula is C20H25N3O3S. The fraction of sp³-hybridized carbons (Fsp3) is 0.300. The van der Waals surface area contributed by atoms with Crippen LogP contribution in [0.3, 0.4) is 0 Å². The van der Waals surface area contributed by atoms with Crippen LogP contribution in [0, 0.1) is 12.8 Å². The fourth-order valence-corrected chi connectivity index (χ4v) is 3.65. The number of hydrogen-bond acceptors (Lipinski definition) is 4. The normalized spacial score (nSPS) is 13.0. The van der Waals surface area contributed by atoms with E-state index in [1.807, 2.05) is 51.1 Å². The SMILES string of the molecule is Cc1ccc(S(=O)(=O)N[C@@H](CC(C)C)C(=O)N/N=C\c2ccccc2)cc1. The van der Waals surface area contributed by atoms with Crippen molar-refractivity contribution in [3.05, 3.63) is 65.7 Å². The second-order valence-corrected chi connectivity index (χ2v) is 8.48. The molecule has 1 amide bonds. The summed E-state index contributed by atoms with van der Waals surface area (Å²) in [6.07, 6.45) is 1.87. The van der Waals surface area contributed by atoms with Crippen molar-refractivity contribution in [3.8, 4) is 0 Å². The fourth-order valence-electron chi connectivity index (χ4n) is 2.44. The molecule has 6 nitrogen and oxygen atoms in total. The quantitative estimate of drug-likeness (QED) is 0.539. The first-order chi connectivity index (χ1) is 12.8. The third kappa shape index (κ3) is 6.62. The first-order valence-corrected chi connectivity index (χ1v) is 10.2. The molecular weight excluding hydrogens is 362 g/mol. The van der Waals surface area contributed by atoms with Crippen LogP contribution in [0.4, 0.5) is 0 Å². The lowest BCUT2D eigenvalue weighted by Crippen LogP contribution is -2.46. The van der Waals surface area contributed by atoms with Gasteiger partial charge in [-0.15, -0.1) is 0 Å². The van der Waals surface area contributed by atoms with Crippen molar-refractivity contribution >= 4 is 22.1 Å². The van der Waals surface area contributed by atoms with Crippen LogP contribution in [0.25, 0.3) is 0 Å². The lowest BCUT2D eigenvalue weighted by Gasteiger charge is -2.19. The minimum Gasteiger partial charge on any atom is -0.271 e. The molecule has 0 aliphatic carbocycles. The highest BCUT2D eigenvalue weighted by molar-refractivity contribution is 7.89. The van der Waals surface area contributed by atoms with Gasteiger partial charge in [0.15, 0.2) is 0 Å². The summed E-state index contributed by atoms with van der Waals surface area (Å²) in [7, 11) is -3.81. The van der Waals surface area contributed by atoms with Crippen molar-refractivity contribution in [1.29, 1.82) is 0 Å². The summed E-state index contributed by atoms with van der Waals surface area (Å²) in [5, 5.41) is 3.92. The smallest absolute Gasteiger partial charge is 0.258 e. The van der Waals surface area contributed by atoms with Crippen molar-refractivity contribution in [1.82, 2.24) is 10.1 Å². The Morgan fingerprint density at radius 3 is 2.30 bits per heavy atom. The predicted octanol–water partition coefficient (Wildman–Crippen LogP) is 2.84. The molecule has 0 saturated heterocycles. The van der Waals surface area contributed by atoms with Crippen LogP contribution in [0.5, 0.6) is 0 Å². The van der Waals surface area contributed by atoms with Crippen molar-refractivity contribution < 1.29 is 13.2 Å². The van der Waals surface area contributed by atoms with Gasteiger partial charge >= 0.3 is 0 Å². The zero-order valence-corrected chi connectivity index (χ0v) is 16.5. The van der Waals surface area contributed by atoms with Crippen LogP contribution < -0.4 is 10.1 Å². The van der Waals surface area contributed by atoms with Crippen molar-refractivity contribution in [3.63, 3.8) is 0 Å². The Morgan fingerprint density at radius 2 is 1.70 bits per heavy atom. The molecule has 0 aliphatic heterocycles. The molecule has 0 fully saturated rings. The number of nitrogens with zero attached hydrogens (tertiary/aromatic N) is 1. The van der Waals surface area contributed by atoms with Gasteiger partial charge in [-0.1, -0.05) is 61.9 Å². The Labute approximate surface area is 160 Å². The number of benzene rings is 2. The third-order valence-corrected chi connectivity index (χ3v) is 5.33. The van der Waals surface area contributed by atoms with Gasteiger partial charge in [-0.3, -0.25) is 4.79 Å². The molecule has 0 bridgehead atoms. The molecule has 2 N–H and O–H groups in total. The summed E-state index contributed by atoms with van der Waals surface area (Å²) < 4.78 is 27.7. The Kier molecular flexibility index (Phi) is 7.27. The maximum Gasteiger partial charge on any atom is 0.258 e. The first kappa shape index (κ1) is 20.8. The molecule has 0 unspecified atom stereocenters. The summed E-state index contributed by atoms with van der Waals surface area (Å²) in [4.78, 5) is 12.6. The number of carbonyl (C=O) groups is 1. The second kappa shape index (κ2) is 9.43. The molecule has 0 aromatic heterocycles. The Morgan fingerprint density at radius 1 is 1.07 bits per heavy atom. The van der Waals surface area contributed by atoms with Gasteiger partial charge in [-0.2, -0.15) is 9.82 Å². The summed E-state index contributed by atoms with van der Waals surface area (Å²) in [6.45, 7) is 5.73. The highest BCUT2D eigenvalue weighted by atomic mass is 32.2. The zero-order chi connectivity index (χ0) is 19.9. The monoisotopic (exact) mass is 387 g/mol. The zero-order valence-electron chi connectivity index (χ0n) is 15.7. The van der Waals surface area contributed by atoms with Crippen molar-refractivity contribution in [2.24, 2.45) is 11.0 Å². The number of sulfonamides is 1. The maximum atomic E-state index is 12.6. The lowest BCUT2D eigenvalue weighted by atomic mass is 10.0. The van der Waals surface area contributed by atoms with E-state index in [2.05, 4.69) is 15.2 Å². The molecule has 0 heterocycles. The van der Waals surface area contributed by atoms with E-state index in [1.54, 1.807) is 12.1 Å². The lowest BCUT2D eigenvalue weighted by molar-refractivity contribution is -0.123. The molecule has 1 atom stereocenters. The Bertz CT molecular complexity index is 876. The van der Waals surface area contributed by atoms with Crippen molar-refractivity contribution in [2.75, 3.05) is 0 Å². The topological polar surface area (TPSA) is 87.6 Å². The molecule has 0 saturated carbocycles. The van der Waals surface area contributed by atoms with Gasteiger partial charge in [0.25, 0.3) is 5.91 Å². The molecule has 0 aliphatic rings. The van der Waals surface area contributed by atoms with E-state index in [0.717, 1.165) is 11.1 Å². The van der Waals surface area contributed by atoms with E-state index in [0.29, 0.717) is 6.42 Å². The minimum atomic E-state index is -3.81. The van der Waals surface area contributed by atoms with E-state index in [4.69, 9.17) is 0 Å². The molecule has 2 aromatic carbocycles. The second-order valence-electron chi connectivity index (χ2n) is 6.76. The van der Waals surface area contributed by atoms with E-state index in [-0.39, 0.29) is 10.8 Å². The van der Waals surface area contributed by atoms with E-state index in [1.165, 1.54) is 18.3 Å². The first-order valence-electron chi connectivity index (χ1n) is 8.75. The van der Waals surface area contributed by atoms with Crippen LogP contribution in [-0.2, 0) is 14.8 Å². The molecule has 0 radical (unpaired) electrons. The Hall–Kier alpha value is -2.51. The number of carbonyl (C=O) groups excluding carboxylic acids is 1. The number of rotatable bonds is 8. The van der Waals surface area contributed by atoms with Crippen LogP contribution in [-0.4, -0.2) is 26.6 Å². The van der Waals surface area contributed by atoms with E-state index in [9.17, 15) is 13.2 Å². The molecule has 7 heteroatoms. The van der Waals surface area contributed by atoms with Crippen LogP contribution in [0.15, 0.2) is 64.6 Å². The van der Waals surface area contributed by atoms with Crippen LogP contribution in [0.1, 0.15) is 31.4 Å². The summed E-state index contributed by atoms with van der Waals surface area (Å²) in [6, 6.07) is 14.9. The molecule has 27 heavy (non-hydrogen) atoms. The summed E-state index contributed by atoms with van der Waals surface area (Å²) >= 11 is 0. The highest BCUT2D eigenvalue weighted by Gasteiger charge is 2.26. The maximum absolute atomic E-state index is 12.6. The van der Waals surface area contributed by atoms with Gasteiger partial charge in [0.05, 0.1) is 11.1 Å². The third-order valence-electron chi connectivity index (χ3n) is 3.84. The van der Waals surface area contributed by atoms with Gasteiger partial charge in [0.2, 0.25) is 10.0 Å². The standard InChI is InChI=1S/C20H25N3O3S/c1-15(2)13-19(20(24)22-21-14-17-7-5-4-6-8-17)23-27(25,26)18-11-9-16(3)10-12-18/h4-12,14-15,19,23H,13H2,1-3H3,(H,22,24)/b21-14-/t19-/m0/s1. The van der Waals surface area contributed by atoms with E-state index < -0.39 is 22.0 Å². The predicted molar refractivity (Wildman–Crippen MR) is 107 cm³/mol. The molecule has 2 rings (SSSR count). The van der Waals surface area contributed by atoms with Gasteiger partial charge in [-0.05, 0) is 37.0 Å². The minimum absolute atomic E-state index is 0.125. The molecule has 144 valence electrons. The Balaban J connectivity index is 2.10. The largest absolute Gasteiger partial charge is 0.271 e. The molecule has 2 aromatic rings.